The molecule has 0 fully saturated rings. The lowest BCUT2D eigenvalue weighted by molar-refractivity contribution is 0.0971. The highest BCUT2D eigenvalue weighted by Gasteiger charge is 2.33. The number of unbranched alkanes of at least 4 members (excludes halogenated alkanes) is 5. The van der Waals surface area contributed by atoms with Crippen LogP contribution in [-0.2, 0) is 6.54 Å². The molecule has 4 nitrogen and oxygen atoms in total. The number of rotatable bonds is 7. The van der Waals surface area contributed by atoms with Gasteiger partial charge < -0.3 is 4.57 Å². The highest BCUT2D eigenvalue weighted by molar-refractivity contribution is 6.27. The third-order valence-corrected chi connectivity index (χ3v) is 4.44. The Labute approximate surface area is 136 Å². The van der Waals surface area contributed by atoms with Crippen molar-refractivity contribution in [3.8, 4) is 0 Å². The van der Waals surface area contributed by atoms with Crippen molar-refractivity contribution in [1.29, 1.82) is 0 Å². The van der Waals surface area contributed by atoms with Crippen LogP contribution in [0, 0.1) is 0 Å². The molecule has 2 aromatic rings. The minimum atomic E-state index is -0.142. The number of carbonyl (C=O) groups is 2. The second kappa shape index (κ2) is 6.90. The van der Waals surface area contributed by atoms with Gasteiger partial charge in [-0.1, -0.05) is 63.3 Å². The molecule has 1 aliphatic rings. The van der Waals surface area contributed by atoms with Crippen LogP contribution >= 0.6 is 0 Å². The van der Waals surface area contributed by atoms with E-state index in [0.29, 0.717) is 22.5 Å². The minimum absolute atomic E-state index is 0.0846. The van der Waals surface area contributed by atoms with E-state index in [4.69, 9.17) is 0 Å². The number of hydrogen-bond acceptors (Lipinski definition) is 3. The third kappa shape index (κ3) is 2.98. The molecular formula is C19H22N2O2. The van der Waals surface area contributed by atoms with Gasteiger partial charge in [0.2, 0.25) is 11.6 Å². The Balaban J connectivity index is 1.73. The molecule has 0 saturated carbocycles. The predicted octanol–water partition coefficient (Wildman–Crippen LogP) is 4.02. The summed E-state index contributed by atoms with van der Waals surface area (Å²) in [6.45, 7) is 2.95. The Hall–Kier alpha value is -2.23. The van der Waals surface area contributed by atoms with E-state index < -0.39 is 0 Å². The topological polar surface area (TPSA) is 52.0 Å². The monoisotopic (exact) mass is 310 g/mol. The molecule has 0 saturated heterocycles. The van der Waals surface area contributed by atoms with Crippen molar-refractivity contribution in [2.45, 2.75) is 52.0 Å². The first kappa shape index (κ1) is 15.7. The summed E-state index contributed by atoms with van der Waals surface area (Å²) in [6.07, 6.45) is 8.80. The van der Waals surface area contributed by atoms with Gasteiger partial charge in [0.05, 0.1) is 6.33 Å². The summed E-state index contributed by atoms with van der Waals surface area (Å²) in [5.41, 5.74) is 1.73. The molecule has 1 heterocycles. The third-order valence-electron chi connectivity index (χ3n) is 4.44. The molecule has 1 aromatic carbocycles. The molecule has 0 radical (unpaired) electrons. The van der Waals surface area contributed by atoms with Gasteiger partial charge in [0.15, 0.2) is 0 Å². The van der Waals surface area contributed by atoms with Gasteiger partial charge in [-0.25, -0.2) is 4.98 Å². The van der Waals surface area contributed by atoms with Crippen molar-refractivity contribution >= 4 is 11.6 Å². The zero-order chi connectivity index (χ0) is 16.2. The van der Waals surface area contributed by atoms with Crippen LogP contribution in [0.4, 0.5) is 0 Å². The minimum Gasteiger partial charge on any atom is -0.327 e. The maximum Gasteiger partial charge on any atom is 0.214 e. The fraction of sp³-hybridized carbons (Fsp3) is 0.421. The van der Waals surface area contributed by atoms with Gasteiger partial charge in [-0.3, -0.25) is 9.59 Å². The molecule has 23 heavy (non-hydrogen) atoms. The first-order valence-corrected chi connectivity index (χ1v) is 8.47. The lowest BCUT2D eigenvalue weighted by Gasteiger charge is -2.15. The number of carbonyl (C=O) groups excluding carboxylic acids is 2. The predicted molar refractivity (Wildman–Crippen MR) is 88.9 cm³/mol. The molecule has 3 rings (SSSR count). The van der Waals surface area contributed by atoms with E-state index in [-0.39, 0.29) is 11.6 Å². The van der Waals surface area contributed by atoms with Crippen LogP contribution < -0.4 is 0 Å². The van der Waals surface area contributed by atoms with E-state index in [2.05, 4.69) is 11.9 Å². The van der Waals surface area contributed by atoms with E-state index >= 15 is 0 Å². The lowest BCUT2D eigenvalue weighted by Crippen LogP contribution is -2.23. The van der Waals surface area contributed by atoms with Crippen LogP contribution in [0.3, 0.4) is 0 Å². The van der Waals surface area contributed by atoms with Crippen LogP contribution in [0.1, 0.15) is 77.6 Å². The quantitative estimate of drug-likeness (QED) is 0.619. The molecule has 120 valence electrons. The van der Waals surface area contributed by atoms with Gasteiger partial charge >= 0.3 is 0 Å². The maximum absolute atomic E-state index is 12.7. The van der Waals surface area contributed by atoms with Crippen LogP contribution in [-0.4, -0.2) is 21.1 Å². The molecule has 0 atom stereocenters. The van der Waals surface area contributed by atoms with Crippen LogP contribution in [0.5, 0.6) is 0 Å². The number of hydrogen-bond donors (Lipinski definition) is 0. The van der Waals surface area contributed by atoms with Crippen molar-refractivity contribution in [1.82, 2.24) is 9.55 Å². The fourth-order valence-electron chi connectivity index (χ4n) is 3.15. The number of aromatic nitrogens is 2. The molecule has 0 aliphatic heterocycles. The van der Waals surface area contributed by atoms with Crippen molar-refractivity contribution in [3.05, 3.63) is 53.1 Å². The van der Waals surface area contributed by atoms with Crippen LogP contribution in [0.15, 0.2) is 30.6 Å². The molecule has 0 unspecified atom stereocenters. The Morgan fingerprint density at radius 2 is 1.57 bits per heavy atom. The molecule has 0 amide bonds. The maximum atomic E-state index is 12.7. The second-order valence-electron chi connectivity index (χ2n) is 6.11. The molecule has 0 N–H and O–H groups in total. The van der Waals surface area contributed by atoms with Gasteiger partial charge in [0.25, 0.3) is 0 Å². The summed E-state index contributed by atoms with van der Waals surface area (Å²) in [5, 5.41) is 0. The van der Waals surface area contributed by atoms with Gasteiger partial charge in [0, 0.05) is 17.7 Å². The average Bonchev–Trinajstić information content (AvgIpc) is 3.00. The average molecular weight is 310 g/mol. The highest BCUT2D eigenvalue weighted by Crippen LogP contribution is 2.26. The van der Waals surface area contributed by atoms with E-state index in [1.807, 2.05) is 4.57 Å². The summed E-state index contributed by atoms with van der Waals surface area (Å²) in [4.78, 5) is 29.4. The summed E-state index contributed by atoms with van der Waals surface area (Å²) in [7, 11) is 0. The van der Waals surface area contributed by atoms with E-state index in [9.17, 15) is 9.59 Å². The zero-order valence-electron chi connectivity index (χ0n) is 13.5. The largest absolute Gasteiger partial charge is 0.327 e. The Morgan fingerprint density at radius 1 is 0.913 bits per heavy atom. The molecule has 0 spiro atoms. The zero-order valence-corrected chi connectivity index (χ0v) is 13.5. The number of imidazole rings is 1. The summed E-state index contributed by atoms with van der Waals surface area (Å²) in [5.74, 6) is -0.226. The number of aryl methyl sites for hydroxylation is 1. The van der Waals surface area contributed by atoms with Crippen molar-refractivity contribution in [2.75, 3.05) is 0 Å². The van der Waals surface area contributed by atoms with Gasteiger partial charge in [-0.15, -0.1) is 0 Å². The normalized spacial score (nSPS) is 13.1. The molecule has 1 aliphatic carbocycles. The summed E-state index contributed by atoms with van der Waals surface area (Å²) in [6, 6.07) is 7.00. The van der Waals surface area contributed by atoms with Gasteiger partial charge in [0.1, 0.15) is 11.4 Å². The Bertz CT molecular complexity index is 731. The van der Waals surface area contributed by atoms with Crippen molar-refractivity contribution in [2.24, 2.45) is 0 Å². The highest BCUT2D eigenvalue weighted by atomic mass is 16.1. The van der Waals surface area contributed by atoms with E-state index in [0.717, 1.165) is 19.4 Å². The van der Waals surface area contributed by atoms with E-state index in [1.165, 1.54) is 25.7 Å². The molecule has 1 aromatic heterocycles. The standard InChI is InChI=1S/C19H22N2O2/c1-2-3-4-5-6-9-12-21-13-20-16-17(21)19(23)15-11-8-7-10-14(15)18(16)22/h7-8,10-11,13H,2-6,9,12H2,1H3. The second-order valence-corrected chi connectivity index (χ2v) is 6.11. The lowest BCUT2D eigenvalue weighted by atomic mass is 9.90. The smallest absolute Gasteiger partial charge is 0.214 e. The summed E-state index contributed by atoms with van der Waals surface area (Å²) >= 11 is 0. The number of benzene rings is 1. The van der Waals surface area contributed by atoms with Crippen molar-refractivity contribution in [3.63, 3.8) is 0 Å². The SMILES string of the molecule is CCCCCCCCn1cnc2c1C(=O)c1ccccc1C2=O. The first-order valence-electron chi connectivity index (χ1n) is 8.47. The van der Waals surface area contributed by atoms with Crippen LogP contribution in [0.2, 0.25) is 0 Å². The van der Waals surface area contributed by atoms with Crippen molar-refractivity contribution < 1.29 is 9.59 Å². The van der Waals surface area contributed by atoms with Gasteiger partial charge in [-0.2, -0.15) is 0 Å². The molecule has 4 heteroatoms. The molecular weight excluding hydrogens is 288 g/mol. The number of nitrogens with zero attached hydrogens (tertiary/aromatic N) is 2. The number of ketones is 2. The van der Waals surface area contributed by atoms with Crippen LogP contribution in [0.25, 0.3) is 0 Å². The first-order chi connectivity index (χ1) is 11.2. The summed E-state index contributed by atoms with van der Waals surface area (Å²) < 4.78 is 1.85. The Kier molecular flexibility index (Phi) is 4.70. The Morgan fingerprint density at radius 3 is 2.30 bits per heavy atom. The number of fused-ring (bicyclic) bond motifs is 2. The molecule has 0 bridgehead atoms. The van der Waals surface area contributed by atoms with E-state index in [1.54, 1.807) is 30.6 Å². The fourth-order valence-corrected chi connectivity index (χ4v) is 3.15. The van der Waals surface area contributed by atoms with Gasteiger partial charge in [-0.05, 0) is 6.42 Å².